The average molecular weight is 274 g/mol. The molecular weight excluding hydrogens is 252 g/mol. The van der Waals surface area contributed by atoms with Gasteiger partial charge in [-0.2, -0.15) is 5.10 Å². The van der Waals surface area contributed by atoms with Gasteiger partial charge in [0.2, 0.25) is 0 Å². The van der Waals surface area contributed by atoms with Crippen molar-refractivity contribution >= 4 is 9.84 Å². The Bertz CT molecular complexity index is 465. The lowest BCUT2D eigenvalue weighted by atomic mass is 10.2. The van der Waals surface area contributed by atoms with Gasteiger partial charge in [-0.25, -0.2) is 18.1 Å². The van der Waals surface area contributed by atoms with Crippen LogP contribution in [0.5, 0.6) is 0 Å². The maximum Gasteiger partial charge on any atom is 0.157 e. The van der Waals surface area contributed by atoms with Gasteiger partial charge in [-0.1, -0.05) is 13.8 Å². The molecule has 104 valence electrons. The highest BCUT2D eigenvalue weighted by Crippen LogP contribution is 2.07. The summed E-state index contributed by atoms with van der Waals surface area (Å²) < 4.78 is 25.5. The lowest BCUT2D eigenvalue weighted by molar-refractivity contribution is 0.469. The molecule has 0 saturated heterocycles. The van der Waals surface area contributed by atoms with E-state index >= 15 is 0 Å². The summed E-state index contributed by atoms with van der Waals surface area (Å²) in [5.74, 6) is 0.941. The minimum atomic E-state index is -3.16. The first-order valence-electron chi connectivity index (χ1n) is 6.13. The van der Waals surface area contributed by atoms with Gasteiger partial charge in [0.15, 0.2) is 9.84 Å². The molecule has 0 saturated carbocycles. The van der Waals surface area contributed by atoms with Crippen LogP contribution in [0.15, 0.2) is 6.33 Å². The Hall–Kier alpha value is -0.950. The van der Waals surface area contributed by atoms with Crippen LogP contribution >= 0.6 is 0 Å². The van der Waals surface area contributed by atoms with E-state index in [1.165, 1.54) is 6.33 Å². The highest BCUT2D eigenvalue weighted by Gasteiger charge is 2.17. The molecule has 1 heterocycles. The van der Waals surface area contributed by atoms with Crippen LogP contribution < -0.4 is 5.73 Å². The molecule has 0 bridgehead atoms. The fourth-order valence-corrected chi connectivity index (χ4v) is 3.02. The lowest BCUT2D eigenvalue weighted by Crippen LogP contribution is -2.22. The van der Waals surface area contributed by atoms with Crippen LogP contribution in [-0.2, 0) is 22.1 Å². The third-order valence-corrected chi connectivity index (χ3v) is 4.02. The van der Waals surface area contributed by atoms with Crippen LogP contribution in [0.2, 0.25) is 0 Å². The molecule has 0 spiro atoms. The monoisotopic (exact) mass is 274 g/mol. The third kappa shape index (κ3) is 5.14. The van der Waals surface area contributed by atoms with Crippen LogP contribution in [0, 0.1) is 5.92 Å². The predicted octanol–water partition coefficient (Wildman–Crippen LogP) is 0.586. The SMILES string of the molecule is CC(C)Cn1ncnc1CS(=O)(=O)CCC(C)N. The third-order valence-electron chi connectivity index (χ3n) is 2.47. The molecule has 18 heavy (non-hydrogen) atoms. The van der Waals surface area contributed by atoms with Crippen molar-refractivity contribution < 1.29 is 8.42 Å². The summed E-state index contributed by atoms with van der Waals surface area (Å²) >= 11 is 0. The number of aromatic nitrogens is 3. The second-order valence-electron chi connectivity index (χ2n) is 5.11. The Morgan fingerprint density at radius 3 is 2.61 bits per heavy atom. The summed E-state index contributed by atoms with van der Waals surface area (Å²) in [7, 11) is -3.16. The number of hydrogen-bond acceptors (Lipinski definition) is 5. The van der Waals surface area contributed by atoms with E-state index in [4.69, 9.17) is 5.73 Å². The van der Waals surface area contributed by atoms with Gasteiger partial charge < -0.3 is 5.73 Å². The topological polar surface area (TPSA) is 90.9 Å². The minimum absolute atomic E-state index is 0.0631. The fraction of sp³-hybridized carbons (Fsp3) is 0.818. The van der Waals surface area contributed by atoms with E-state index in [0.717, 1.165) is 0 Å². The van der Waals surface area contributed by atoms with Gasteiger partial charge in [0, 0.05) is 12.6 Å². The van der Waals surface area contributed by atoms with Gasteiger partial charge in [0.25, 0.3) is 0 Å². The molecule has 0 aromatic carbocycles. The maximum absolute atomic E-state index is 11.9. The van der Waals surface area contributed by atoms with Crippen LogP contribution in [0.1, 0.15) is 33.0 Å². The molecule has 6 nitrogen and oxygen atoms in total. The highest BCUT2D eigenvalue weighted by molar-refractivity contribution is 7.90. The molecule has 1 unspecified atom stereocenters. The van der Waals surface area contributed by atoms with E-state index in [2.05, 4.69) is 23.9 Å². The first-order valence-corrected chi connectivity index (χ1v) is 7.95. The molecule has 1 aromatic rings. The van der Waals surface area contributed by atoms with Crippen LogP contribution in [0.25, 0.3) is 0 Å². The van der Waals surface area contributed by atoms with Crippen molar-refractivity contribution in [1.82, 2.24) is 14.8 Å². The van der Waals surface area contributed by atoms with Gasteiger partial charge in [0.05, 0.1) is 5.75 Å². The first kappa shape index (κ1) is 15.1. The summed E-state index contributed by atoms with van der Waals surface area (Å²) in [6.07, 6.45) is 1.87. The Morgan fingerprint density at radius 2 is 2.06 bits per heavy atom. The van der Waals surface area contributed by atoms with Crippen molar-refractivity contribution in [2.45, 2.75) is 45.5 Å². The Labute approximate surface area is 109 Å². The van der Waals surface area contributed by atoms with Crippen molar-refractivity contribution in [2.24, 2.45) is 11.7 Å². The van der Waals surface area contributed by atoms with E-state index in [1.807, 2.05) is 0 Å². The fourth-order valence-electron chi connectivity index (χ4n) is 1.53. The smallest absolute Gasteiger partial charge is 0.157 e. The second-order valence-corrected chi connectivity index (χ2v) is 7.29. The van der Waals surface area contributed by atoms with E-state index in [-0.39, 0.29) is 17.5 Å². The van der Waals surface area contributed by atoms with E-state index < -0.39 is 9.84 Å². The summed E-state index contributed by atoms with van der Waals surface area (Å²) in [5, 5.41) is 4.05. The number of rotatable bonds is 7. The summed E-state index contributed by atoms with van der Waals surface area (Å²) in [6.45, 7) is 6.58. The van der Waals surface area contributed by atoms with Gasteiger partial charge in [-0.3, -0.25) is 0 Å². The minimum Gasteiger partial charge on any atom is -0.328 e. The van der Waals surface area contributed by atoms with Crippen molar-refractivity contribution in [3.05, 3.63) is 12.2 Å². The molecule has 0 amide bonds. The van der Waals surface area contributed by atoms with E-state index in [1.54, 1.807) is 11.6 Å². The number of nitrogens with zero attached hydrogens (tertiary/aromatic N) is 3. The Morgan fingerprint density at radius 1 is 1.39 bits per heavy atom. The van der Waals surface area contributed by atoms with Crippen molar-refractivity contribution in [3.63, 3.8) is 0 Å². The molecule has 0 aliphatic carbocycles. The molecule has 1 aromatic heterocycles. The molecule has 0 radical (unpaired) electrons. The zero-order chi connectivity index (χ0) is 13.8. The maximum atomic E-state index is 11.9. The van der Waals surface area contributed by atoms with Crippen molar-refractivity contribution in [1.29, 1.82) is 0 Å². The van der Waals surface area contributed by atoms with Gasteiger partial charge >= 0.3 is 0 Å². The predicted molar refractivity (Wildman–Crippen MR) is 70.6 cm³/mol. The van der Waals surface area contributed by atoms with Crippen LogP contribution in [-0.4, -0.2) is 35.0 Å². The van der Waals surface area contributed by atoms with E-state index in [9.17, 15) is 8.42 Å². The molecule has 0 fully saturated rings. The van der Waals surface area contributed by atoms with Crippen molar-refractivity contribution in [2.75, 3.05) is 5.75 Å². The Kier molecular flexibility index (Phi) is 5.28. The molecule has 1 atom stereocenters. The Balaban J connectivity index is 2.69. The second kappa shape index (κ2) is 6.29. The molecule has 7 heteroatoms. The molecule has 0 aliphatic heterocycles. The summed E-state index contributed by atoms with van der Waals surface area (Å²) in [6, 6.07) is -0.103. The molecular formula is C11H22N4O2S. The average Bonchev–Trinajstić information content (AvgIpc) is 2.61. The molecule has 0 aliphatic rings. The quantitative estimate of drug-likeness (QED) is 0.785. The number of hydrogen-bond donors (Lipinski definition) is 1. The normalized spacial score (nSPS) is 14.1. The summed E-state index contributed by atoms with van der Waals surface area (Å²) in [5.41, 5.74) is 5.57. The van der Waals surface area contributed by atoms with Crippen molar-refractivity contribution in [3.8, 4) is 0 Å². The molecule has 1 rings (SSSR count). The molecule has 2 N–H and O–H groups in total. The number of sulfone groups is 1. The van der Waals surface area contributed by atoms with Crippen LogP contribution in [0.4, 0.5) is 0 Å². The standard InChI is InChI=1S/C11H22N4O2S/c1-9(2)6-15-11(13-8-14-15)7-18(16,17)5-4-10(3)12/h8-10H,4-7,12H2,1-3H3. The first-order chi connectivity index (χ1) is 8.30. The summed E-state index contributed by atoms with van der Waals surface area (Å²) in [4.78, 5) is 4.02. The van der Waals surface area contributed by atoms with Crippen LogP contribution in [0.3, 0.4) is 0 Å². The lowest BCUT2D eigenvalue weighted by Gasteiger charge is -2.09. The van der Waals surface area contributed by atoms with Gasteiger partial charge in [0.1, 0.15) is 17.9 Å². The van der Waals surface area contributed by atoms with E-state index in [0.29, 0.717) is 24.7 Å². The highest BCUT2D eigenvalue weighted by atomic mass is 32.2. The largest absolute Gasteiger partial charge is 0.328 e. The zero-order valence-corrected chi connectivity index (χ0v) is 12.0. The van der Waals surface area contributed by atoms with Gasteiger partial charge in [-0.05, 0) is 19.3 Å². The number of nitrogens with two attached hydrogens (primary N) is 1. The van der Waals surface area contributed by atoms with Gasteiger partial charge in [-0.15, -0.1) is 0 Å². The zero-order valence-electron chi connectivity index (χ0n) is 11.2.